The van der Waals surface area contributed by atoms with E-state index in [0.717, 1.165) is 5.56 Å². The quantitative estimate of drug-likeness (QED) is 0.526. The largest absolute Gasteiger partial charge is 0.546 e. The molecule has 0 saturated carbocycles. The number of rotatable bonds is 8. The Bertz CT molecular complexity index is 1150. The third-order valence-corrected chi connectivity index (χ3v) is 4.54. The Labute approximate surface area is 189 Å². The summed E-state index contributed by atoms with van der Waals surface area (Å²) in [6, 6.07) is 22.0. The van der Waals surface area contributed by atoms with Crippen LogP contribution in [0.1, 0.15) is 26.3 Å². The molecule has 0 saturated heterocycles. The molecule has 0 fully saturated rings. The highest BCUT2D eigenvalue weighted by atomic mass is 16.6. The van der Waals surface area contributed by atoms with Crippen molar-refractivity contribution in [3.63, 3.8) is 0 Å². The zero-order chi connectivity index (χ0) is 23.8. The number of carbonyl (C=O) groups is 4. The molecule has 168 valence electrons. The third-order valence-electron chi connectivity index (χ3n) is 4.54. The molecule has 33 heavy (non-hydrogen) atoms. The van der Waals surface area contributed by atoms with E-state index in [1.54, 1.807) is 67.6 Å². The van der Waals surface area contributed by atoms with Gasteiger partial charge in [0.1, 0.15) is 0 Å². The number of amides is 1. The number of aliphatic carboxylic acids is 1. The highest BCUT2D eigenvalue weighted by Gasteiger charge is 2.37. The number of benzene rings is 3. The van der Waals surface area contributed by atoms with Crippen LogP contribution in [0.5, 0.6) is 0 Å². The van der Waals surface area contributed by atoms with E-state index in [1.165, 1.54) is 24.3 Å². The van der Waals surface area contributed by atoms with Gasteiger partial charge in [-0.25, -0.2) is 9.59 Å². The second kappa shape index (κ2) is 10.7. The first kappa shape index (κ1) is 23.2. The summed E-state index contributed by atoms with van der Waals surface area (Å²) in [5.74, 6) is -4.89. The minimum atomic E-state index is -2.20. The highest BCUT2D eigenvalue weighted by Crippen LogP contribution is 2.16. The second-order valence-corrected chi connectivity index (χ2v) is 7.06. The van der Waals surface area contributed by atoms with Crippen LogP contribution in [0.25, 0.3) is 0 Å². The molecule has 8 nitrogen and oxygen atoms in total. The number of carboxylic acids is 1. The number of esters is 2. The molecular weight excluding hydrogens is 426 g/mol. The average Bonchev–Trinajstić information content (AvgIpc) is 2.82. The van der Waals surface area contributed by atoms with Gasteiger partial charge in [0.25, 0.3) is 5.91 Å². The maximum absolute atomic E-state index is 13.0. The Morgan fingerprint density at radius 2 is 1.24 bits per heavy atom. The molecule has 0 aliphatic heterocycles. The number of aryl methyl sites for hydroxylation is 1. The summed E-state index contributed by atoms with van der Waals surface area (Å²) in [6.07, 6.45) is -4.22. The molecule has 0 bridgehead atoms. The molecule has 3 rings (SSSR count). The Morgan fingerprint density at radius 3 is 1.73 bits per heavy atom. The summed E-state index contributed by atoms with van der Waals surface area (Å²) >= 11 is 0. The second-order valence-electron chi connectivity index (χ2n) is 7.06. The van der Waals surface area contributed by atoms with Crippen LogP contribution >= 0.6 is 0 Å². The summed E-state index contributed by atoms with van der Waals surface area (Å²) in [5, 5.41) is 14.4. The molecule has 0 heterocycles. The molecule has 1 amide bonds. The summed E-state index contributed by atoms with van der Waals surface area (Å²) in [7, 11) is 0. The van der Waals surface area contributed by atoms with E-state index >= 15 is 0 Å². The number of ether oxygens (including phenoxy) is 2. The maximum Gasteiger partial charge on any atom is 0.339 e. The molecule has 0 unspecified atom stereocenters. The molecule has 0 radical (unpaired) electrons. The van der Waals surface area contributed by atoms with Crippen LogP contribution in [0.3, 0.4) is 0 Å². The van der Waals surface area contributed by atoms with Gasteiger partial charge in [-0.15, -0.1) is 0 Å². The molecule has 3 aromatic rings. The van der Waals surface area contributed by atoms with Crippen LogP contribution < -0.4 is 10.4 Å². The SMILES string of the molecule is Cc1cccc(NC(=O)[C@@H](OC(=O)c2ccccc2)[C@@H](OC(=O)c2ccccc2)C(=O)[O-])c1. The Hall–Kier alpha value is -4.46. The van der Waals surface area contributed by atoms with Crippen molar-refractivity contribution in [3.8, 4) is 0 Å². The smallest absolute Gasteiger partial charge is 0.339 e. The fourth-order valence-corrected chi connectivity index (χ4v) is 2.94. The maximum atomic E-state index is 13.0. The monoisotopic (exact) mass is 446 g/mol. The molecule has 3 aromatic carbocycles. The van der Waals surface area contributed by atoms with Crippen LogP contribution in [0, 0.1) is 6.92 Å². The number of carbonyl (C=O) groups excluding carboxylic acids is 4. The number of hydrogen-bond acceptors (Lipinski definition) is 7. The first-order chi connectivity index (χ1) is 15.8. The Morgan fingerprint density at radius 1 is 0.727 bits per heavy atom. The van der Waals surface area contributed by atoms with Crippen molar-refractivity contribution in [2.24, 2.45) is 0 Å². The van der Waals surface area contributed by atoms with Crippen molar-refractivity contribution in [2.45, 2.75) is 19.1 Å². The predicted molar refractivity (Wildman–Crippen MR) is 116 cm³/mol. The summed E-state index contributed by atoms with van der Waals surface area (Å²) in [6.45, 7) is 1.80. The first-order valence-electron chi connectivity index (χ1n) is 9.95. The summed E-state index contributed by atoms with van der Waals surface area (Å²) in [4.78, 5) is 49.9. The molecular formula is C25H20NO7-. The first-order valence-corrected chi connectivity index (χ1v) is 9.95. The van der Waals surface area contributed by atoms with Crippen molar-refractivity contribution < 1.29 is 33.8 Å². The normalized spacial score (nSPS) is 12.2. The van der Waals surface area contributed by atoms with E-state index in [0.29, 0.717) is 5.69 Å². The van der Waals surface area contributed by atoms with E-state index in [-0.39, 0.29) is 11.1 Å². The molecule has 0 aliphatic carbocycles. The molecule has 0 aliphatic rings. The number of nitrogens with one attached hydrogen (secondary N) is 1. The van der Waals surface area contributed by atoms with Gasteiger partial charge >= 0.3 is 11.9 Å². The van der Waals surface area contributed by atoms with Gasteiger partial charge in [0, 0.05) is 5.69 Å². The highest BCUT2D eigenvalue weighted by molar-refractivity contribution is 6.01. The van der Waals surface area contributed by atoms with Gasteiger partial charge in [-0.2, -0.15) is 0 Å². The lowest BCUT2D eigenvalue weighted by Crippen LogP contribution is -2.52. The van der Waals surface area contributed by atoms with E-state index in [4.69, 9.17) is 9.47 Å². The minimum Gasteiger partial charge on any atom is -0.546 e. The minimum absolute atomic E-state index is 0.0518. The molecule has 8 heteroatoms. The van der Waals surface area contributed by atoms with Crippen LogP contribution in [0.15, 0.2) is 84.9 Å². The van der Waals surface area contributed by atoms with Gasteiger partial charge in [-0.3, -0.25) is 4.79 Å². The van der Waals surface area contributed by atoms with E-state index in [1.807, 2.05) is 0 Å². The Balaban J connectivity index is 1.90. The van der Waals surface area contributed by atoms with E-state index < -0.39 is 36.0 Å². The van der Waals surface area contributed by atoms with Crippen LogP contribution in [0.4, 0.5) is 5.69 Å². The van der Waals surface area contributed by atoms with Crippen molar-refractivity contribution in [1.82, 2.24) is 0 Å². The van der Waals surface area contributed by atoms with Crippen LogP contribution in [-0.2, 0) is 19.1 Å². The van der Waals surface area contributed by atoms with Gasteiger partial charge in [-0.05, 0) is 48.9 Å². The predicted octanol–water partition coefficient (Wildman–Crippen LogP) is 2.13. The van der Waals surface area contributed by atoms with Gasteiger partial charge in [-0.1, -0.05) is 48.5 Å². The number of carboxylic acid groups (broad SMARTS) is 1. The lowest BCUT2D eigenvalue weighted by molar-refractivity contribution is -0.317. The van der Waals surface area contributed by atoms with Crippen molar-refractivity contribution in [1.29, 1.82) is 0 Å². The lowest BCUT2D eigenvalue weighted by Gasteiger charge is -2.27. The van der Waals surface area contributed by atoms with Crippen LogP contribution in [0.2, 0.25) is 0 Å². The molecule has 2 atom stereocenters. The average molecular weight is 446 g/mol. The van der Waals surface area contributed by atoms with Gasteiger partial charge in [0.2, 0.25) is 6.10 Å². The lowest BCUT2D eigenvalue weighted by atomic mass is 10.1. The standard InChI is InChI=1S/C25H21NO7/c1-16-9-8-14-19(15-16)26-22(27)20(32-24(30)17-10-4-2-5-11-17)21(23(28)29)33-25(31)18-12-6-3-7-13-18/h2-15,20-21H,1H3,(H,26,27)(H,28,29)/p-1/t20-,21+/m0/s1. The fraction of sp³-hybridized carbons (Fsp3) is 0.120. The zero-order valence-corrected chi connectivity index (χ0v) is 17.6. The van der Waals surface area contributed by atoms with Gasteiger partial charge in [0.15, 0.2) is 6.10 Å². The molecule has 1 N–H and O–H groups in total. The van der Waals surface area contributed by atoms with Crippen molar-refractivity contribution >= 4 is 29.5 Å². The van der Waals surface area contributed by atoms with E-state index in [2.05, 4.69) is 5.32 Å². The summed E-state index contributed by atoms with van der Waals surface area (Å²) in [5.41, 5.74) is 1.30. The van der Waals surface area contributed by atoms with E-state index in [9.17, 15) is 24.3 Å². The topological polar surface area (TPSA) is 122 Å². The van der Waals surface area contributed by atoms with Gasteiger partial charge < -0.3 is 24.7 Å². The fourth-order valence-electron chi connectivity index (χ4n) is 2.94. The number of hydrogen-bond donors (Lipinski definition) is 1. The third kappa shape index (κ3) is 6.27. The van der Waals surface area contributed by atoms with Crippen molar-refractivity contribution in [3.05, 3.63) is 102 Å². The van der Waals surface area contributed by atoms with Crippen LogP contribution in [-0.4, -0.2) is 36.0 Å². The number of anilines is 1. The van der Waals surface area contributed by atoms with Gasteiger partial charge in [0.05, 0.1) is 17.1 Å². The molecule has 0 aromatic heterocycles. The van der Waals surface area contributed by atoms with Crippen molar-refractivity contribution in [2.75, 3.05) is 5.32 Å². The summed E-state index contributed by atoms with van der Waals surface area (Å²) < 4.78 is 10.3. The zero-order valence-electron chi connectivity index (χ0n) is 17.6. The Kier molecular flexibility index (Phi) is 7.54. The molecule has 0 spiro atoms.